The van der Waals surface area contributed by atoms with E-state index >= 15 is 0 Å². The van der Waals surface area contributed by atoms with Crippen LogP contribution in [0.1, 0.15) is 0 Å². The summed E-state index contributed by atoms with van der Waals surface area (Å²) in [5.74, 6) is 0. The van der Waals surface area contributed by atoms with Crippen LogP contribution in [0.15, 0.2) is 70.9 Å². The molecular weight excluding hydrogens is 228 g/mol. The molecule has 0 saturated heterocycles. The average Bonchev–Trinajstić information content (AvgIpc) is 2.29. The molecule has 0 aliphatic carbocycles. The van der Waals surface area contributed by atoms with Crippen LogP contribution in [0.3, 0.4) is 0 Å². The molecule has 0 spiro atoms. The van der Waals surface area contributed by atoms with Crippen molar-refractivity contribution in [1.29, 1.82) is 0 Å². The van der Waals surface area contributed by atoms with E-state index in [2.05, 4.69) is 10.2 Å². The Morgan fingerprint density at radius 1 is 0.533 bits per heavy atom. The Balaban J connectivity index is 0.00000112. The van der Waals surface area contributed by atoms with Crippen molar-refractivity contribution < 1.29 is 17.1 Å². The summed E-state index contributed by atoms with van der Waals surface area (Å²) in [6.45, 7) is 0. The third-order valence-corrected chi connectivity index (χ3v) is 1.79. The van der Waals surface area contributed by atoms with Gasteiger partial charge in [-0.15, -0.1) is 0 Å². The van der Waals surface area contributed by atoms with E-state index in [9.17, 15) is 0 Å². The van der Waals surface area contributed by atoms with Gasteiger partial charge in [0.25, 0.3) is 0 Å². The van der Waals surface area contributed by atoms with Crippen LogP contribution in [0.25, 0.3) is 0 Å². The first-order chi connectivity index (χ1) is 6.95. The summed E-state index contributed by atoms with van der Waals surface area (Å²) in [5, 5.41) is 8.20. The van der Waals surface area contributed by atoms with Crippen LogP contribution >= 0.6 is 0 Å². The minimum Gasteiger partial charge on any atom is -0.151 e. The molecule has 0 amide bonds. The molecule has 15 heavy (non-hydrogen) atoms. The molecule has 2 aromatic rings. The van der Waals surface area contributed by atoms with E-state index in [1.807, 2.05) is 60.7 Å². The first-order valence-electron chi connectivity index (χ1n) is 4.47. The fraction of sp³-hybridized carbons (Fsp3) is 0. The molecule has 0 atom stereocenters. The van der Waals surface area contributed by atoms with Crippen molar-refractivity contribution >= 4 is 11.4 Å². The van der Waals surface area contributed by atoms with Gasteiger partial charge in [0.05, 0.1) is 11.4 Å². The summed E-state index contributed by atoms with van der Waals surface area (Å²) in [7, 11) is 0. The predicted molar refractivity (Wildman–Crippen MR) is 57.1 cm³/mol. The van der Waals surface area contributed by atoms with Gasteiger partial charge in [0.2, 0.25) is 0 Å². The topological polar surface area (TPSA) is 24.7 Å². The fourth-order valence-corrected chi connectivity index (χ4v) is 1.10. The normalized spacial score (nSPS) is 9.87. The number of hydrogen-bond donors (Lipinski definition) is 0. The molecule has 0 heterocycles. The van der Waals surface area contributed by atoms with Crippen LogP contribution in [-0.2, 0) is 17.1 Å². The minimum atomic E-state index is 0. The molecule has 2 rings (SSSR count). The summed E-state index contributed by atoms with van der Waals surface area (Å²) in [5.41, 5.74) is 1.74. The largest absolute Gasteiger partial charge is 0.151 e. The molecule has 0 aromatic heterocycles. The van der Waals surface area contributed by atoms with Gasteiger partial charge in [-0.05, 0) is 24.3 Å². The minimum absolute atomic E-state index is 0. The van der Waals surface area contributed by atoms with Gasteiger partial charge in [0, 0.05) is 17.1 Å². The molecule has 0 aliphatic heterocycles. The van der Waals surface area contributed by atoms with Crippen molar-refractivity contribution in [2.45, 2.75) is 0 Å². The molecule has 0 aliphatic rings. The summed E-state index contributed by atoms with van der Waals surface area (Å²) < 4.78 is 0. The van der Waals surface area contributed by atoms with Crippen LogP contribution in [0, 0.1) is 0 Å². The smallest absolute Gasteiger partial charge is 0.0857 e. The predicted octanol–water partition coefficient (Wildman–Crippen LogP) is 4.10. The zero-order chi connectivity index (χ0) is 9.64. The van der Waals surface area contributed by atoms with Gasteiger partial charge in [-0.2, -0.15) is 10.2 Å². The summed E-state index contributed by atoms with van der Waals surface area (Å²) >= 11 is 0. The zero-order valence-corrected chi connectivity index (χ0v) is 9.13. The van der Waals surface area contributed by atoms with Gasteiger partial charge in [-0.3, -0.25) is 0 Å². The second-order valence-corrected chi connectivity index (χ2v) is 2.87. The maximum atomic E-state index is 4.10. The average molecular weight is 238 g/mol. The monoisotopic (exact) mass is 238 g/mol. The Morgan fingerprint density at radius 2 is 0.867 bits per heavy atom. The molecular formula is C12H10FeN2. The molecule has 0 unspecified atom stereocenters. The quantitative estimate of drug-likeness (QED) is 0.555. The van der Waals surface area contributed by atoms with E-state index in [-0.39, 0.29) is 17.1 Å². The maximum Gasteiger partial charge on any atom is 0.0857 e. The summed E-state index contributed by atoms with van der Waals surface area (Å²) in [4.78, 5) is 0. The van der Waals surface area contributed by atoms with E-state index in [0.29, 0.717) is 0 Å². The van der Waals surface area contributed by atoms with Crippen LogP contribution in [-0.4, -0.2) is 0 Å². The van der Waals surface area contributed by atoms with Crippen molar-refractivity contribution in [1.82, 2.24) is 0 Å². The first kappa shape index (κ1) is 11.6. The third-order valence-electron chi connectivity index (χ3n) is 1.79. The van der Waals surface area contributed by atoms with Crippen molar-refractivity contribution in [2.24, 2.45) is 10.2 Å². The molecule has 3 heteroatoms. The number of azo groups is 1. The number of benzene rings is 2. The van der Waals surface area contributed by atoms with E-state index < -0.39 is 0 Å². The van der Waals surface area contributed by atoms with Gasteiger partial charge >= 0.3 is 0 Å². The van der Waals surface area contributed by atoms with Gasteiger partial charge in [0.15, 0.2) is 0 Å². The van der Waals surface area contributed by atoms with E-state index in [1.165, 1.54) is 0 Å². The van der Waals surface area contributed by atoms with E-state index in [0.717, 1.165) is 11.4 Å². The molecule has 2 nitrogen and oxygen atoms in total. The van der Waals surface area contributed by atoms with Gasteiger partial charge in [-0.1, -0.05) is 36.4 Å². The Hall–Kier alpha value is -1.44. The molecule has 0 bridgehead atoms. The number of hydrogen-bond acceptors (Lipinski definition) is 2. The standard InChI is InChI=1S/C12H10N2.Fe/c1-3-7-11(8-4-1)13-14-12-9-5-2-6-10-12;/h1-10H;. The Bertz CT molecular complexity index is 371. The molecule has 0 radical (unpaired) electrons. The molecule has 0 N–H and O–H groups in total. The Kier molecular flexibility index (Phi) is 4.75. The Labute approximate surface area is 99.5 Å². The van der Waals surface area contributed by atoms with Crippen molar-refractivity contribution in [3.05, 3.63) is 60.7 Å². The Morgan fingerprint density at radius 3 is 1.20 bits per heavy atom. The van der Waals surface area contributed by atoms with Gasteiger partial charge in [-0.25, -0.2) is 0 Å². The fourth-order valence-electron chi connectivity index (χ4n) is 1.10. The second kappa shape index (κ2) is 6.12. The van der Waals surface area contributed by atoms with Crippen LogP contribution in [0.2, 0.25) is 0 Å². The molecule has 76 valence electrons. The van der Waals surface area contributed by atoms with Gasteiger partial charge < -0.3 is 0 Å². The van der Waals surface area contributed by atoms with Crippen LogP contribution < -0.4 is 0 Å². The zero-order valence-electron chi connectivity index (χ0n) is 8.02. The van der Waals surface area contributed by atoms with Crippen molar-refractivity contribution in [3.8, 4) is 0 Å². The van der Waals surface area contributed by atoms with Crippen molar-refractivity contribution in [2.75, 3.05) is 0 Å². The number of nitrogens with zero attached hydrogens (tertiary/aromatic N) is 2. The maximum absolute atomic E-state index is 4.10. The molecule has 0 fully saturated rings. The van der Waals surface area contributed by atoms with Gasteiger partial charge in [0.1, 0.15) is 0 Å². The van der Waals surface area contributed by atoms with Crippen LogP contribution in [0.5, 0.6) is 0 Å². The van der Waals surface area contributed by atoms with E-state index in [1.54, 1.807) is 0 Å². The SMILES string of the molecule is [Fe].c1ccc(N=Nc2ccccc2)cc1. The van der Waals surface area contributed by atoms with Crippen LogP contribution in [0.4, 0.5) is 11.4 Å². The molecule has 2 aromatic carbocycles. The summed E-state index contributed by atoms with van der Waals surface area (Å²) in [6.07, 6.45) is 0. The van der Waals surface area contributed by atoms with E-state index in [4.69, 9.17) is 0 Å². The second-order valence-electron chi connectivity index (χ2n) is 2.87. The number of rotatable bonds is 2. The first-order valence-corrected chi connectivity index (χ1v) is 4.47. The molecule has 0 saturated carbocycles. The third kappa shape index (κ3) is 3.66. The van der Waals surface area contributed by atoms with Crippen molar-refractivity contribution in [3.63, 3.8) is 0 Å². The summed E-state index contributed by atoms with van der Waals surface area (Å²) in [6, 6.07) is 19.4.